The van der Waals surface area contributed by atoms with E-state index in [1.165, 1.54) is 0 Å². The van der Waals surface area contributed by atoms with Crippen molar-refractivity contribution in [2.75, 3.05) is 17.2 Å². The van der Waals surface area contributed by atoms with E-state index in [9.17, 15) is 4.79 Å². The number of benzene rings is 1. The number of nitrogen functional groups attached to an aromatic ring is 1. The largest absolute Gasteiger partial charge is 0.398 e. The highest BCUT2D eigenvalue weighted by molar-refractivity contribution is 5.95. The molecule has 3 heteroatoms. The van der Waals surface area contributed by atoms with E-state index in [0.717, 1.165) is 29.9 Å². The number of nitrogens with two attached hydrogens (primary N) is 1. The summed E-state index contributed by atoms with van der Waals surface area (Å²) in [5.41, 5.74) is 8.86. The van der Waals surface area contributed by atoms with E-state index in [2.05, 4.69) is 13.8 Å². The van der Waals surface area contributed by atoms with Gasteiger partial charge in [-0.1, -0.05) is 19.9 Å². The van der Waals surface area contributed by atoms with Gasteiger partial charge in [0, 0.05) is 24.3 Å². The van der Waals surface area contributed by atoms with Crippen LogP contribution in [0.25, 0.3) is 0 Å². The SMILES string of the molecule is CC(C)c1ccc(N2CCCC2=O)cc1N. The first-order valence-corrected chi connectivity index (χ1v) is 5.79. The van der Waals surface area contributed by atoms with E-state index >= 15 is 0 Å². The van der Waals surface area contributed by atoms with Gasteiger partial charge in [-0.15, -0.1) is 0 Å². The molecule has 1 heterocycles. The molecule has 0 spiro atoms. The molecule has 0 bridgehead atoms. The summed E-state index contributed by atoms with van der Waals surface area (Å²) < 4.78 is 0. The Kier molecular flexibility index (Phi) is 2.86. The van der Waals surface area contributed by atoms with Crippen LogP contribution in [0.5, 0.6) is 0 Å². The third kappa shape index (κ3) is 1.90. The Bertz CT molecular complexity index is 412. The van der Waals surface area contributed by atoms with E-state index in [-0.39, 0.29) is 5.91 Å². The van der Waals surface area contributed by atoms with Crippen molar-refractivity contribution < 1.29 is 4.79 Å². The fourth-order valence-corrected chi connectivity index (χ4v) is 2.18. The van der Waals surface area contributed by atoms with Gasteiger partial charge in [0.25, 0.3) is 0 Å². The van der Waals surface area contributed by atoms with Crippen LogP contribution in [0.2, 0.25) is 0 Å². The van der Waals surface area contributed by atoms with Gasteiger partial charge < -0.3 is 10.6 Å². The molecule has 1 aliphatic heterocycles. The zero-order valence-corrected chi connectivity index (χ0v) is 9.86. The highest BCUT2D eigenvalue weighted by Crippen LogP contribution is 2.28. The summed E-state index contributed by atoms with van der Waals surface area (Å²) >= 11 is 0. The van der Waals surface area contributed by atoms with Crippen LogP contribution < -0.4 is 10.6 Å². The van der Waals surface area contributed by atoms with E-state index in [4.69, 9.17) is 5.73 Å². The lowest BCUT2D eigenvalue weighted by atomic mass is 10.0. The molecule has 1 aromatic carbocycles. The Morgan fingerprint density at radius 2 is 2.12 bits per heavy atom. The molecule has 1 aromatic rings. The molecule has 86 valence electrons. The second kappa shape index (κ2) is 4.16. The highest BCUT2D eigenvalue weighted by Gasteiger charge is 2.22. The normalized spacial score (nSPS) is 16.2. The molecule has 2 rings (SSSR count). The average Bonchev–Trinajstić information content (AvgIpc) is 2.63. The van der Waals surface area contributed by atoms with Gasteiger partial charge in [-0.3, -0.25) is 4.79 Å². The number of hydrogen-bond acceptors (Lipinski definition) is 2. The maximum absolute atomic E-state index is 11.6. The number of nitrogens with zero attached hydrogens (tertiary/aromatic N) is 1. The number of anilines is 2. The van der Waals surface area contributed by atoms with Gasteiger partial charge in [-0.25, -0.2) is 0 Å². The molecule has 2 N–H and O–H groups in total. The van der Waals surface area contributed by atoms with E-state index in [1.54, 1.807) is 0 Å². The van der Waals surface area contributed by atoms with Crippen molar-refractivity contribution in [3.63, 3.8) is 0 Å². The number of carbonyl (C=O) groups is 1. The van der Waals surface area contributed by atoms with Crippen molar-refractivity contribution in [2.45, 2.75) is 32.6 Å². The highest BCUT2D eigenvalue weighted by atomic mass is 16.2. The third-order valence-electron chi connectivity index (χ3n) is 3.08. The van der Waals surface area contributed by atoms with Gasteiger partial charge in [0.05, 0.1) is 0 Å². The minimum Gasteiger partial charge on any atom is -0.398 e. The summed E-state index contributed by atoms with van der Waals surface area (Å²) in [7, 11) is 0. The summed E-state index contributed by atoms with van der Waals surface area (Å²) in [4.78, 5) is 13.4. The van der Waals surface area contributed by atoms with Gasteiger partial charge in [0.2, 0.25) is 5.91 Å². The molecule has 1 amide bonds. The molecular formula is C13H18N2O. The van der Waals surface area contributed by atoms with Gasteiger partial charge in [0.1, 0.15) is 0 Å². The molecule has 16 heavy (non-hydrogen) atoms. The summed E-state index contributed by atoms with van der Waals surface area (Å²) in [5.74, 6) is 0.625. The lowest BCUT2D eigenvalue weighted by molar-refractivity contribution is -0.117. The Labute approximate surface area is 96.2 Å². The van der Waals surface area contributed by atoms with Crippen LogP contribution in [0.4, 0.5) is 11.4 Å². The van der Waals surface area contributed by atoms with E-state index in [1.807, 2.05) is 23.1 Å². The molecule has 0 radical (unpaired) electrons. The first-order chi connectivity index (χ1) is 7.59. The van der Waals surface area contributed by atoms with Crippen LogP contribution in [-0.4, -0.2) is 12.5 Å². The molecule has 0 atom stereocenters. The lowest BCUT2D eigenvalue weighted by Crippen LogP contribution is -2.23. The molecule has 1 fully saturated rings. The van der Waals surface area contributed by atoms with Gasteiger partial charge in [0.15, 0.2) is 0 Å². The van der Waals surface area contributed by atoms with Crippen molar-refractivity contribution in [1.29, 1.82) is 0 Å². The smallest absolute Gasteiger partial charge is 0.227 e. The predicted molar refractivity (Wildman–Crippen MR) is 66.5 cm³/mol. The molecule has 1 aliphatic rings. The second-order valence-electron chi connectivity index (χ2n) is 4.62. The lowest BCUT2D eigenvalue weighted by Gasteiger charge is -2.18. The maximum atomic E-state index is 11.6. The Hall–Kier alpha value is -1.51. The van der Waals surface area contributed by atoms with Gasteiger partial charge in [-0.05, 0) is 30.0 Å². The fourth-order valence-electron chi connectivity index (χ4n) is 2.18. The zero-order chi connectivity index (χ0) is 11.7. The molecule has 0 unspecified atom stereocenters. The number of amides is 1. The first kappa shape index (κ1) is 11.0. The van der Waals surface area contributed by atoms with Crippen LogP contribution in [-0.2, 0) is 4.79 Å². The molecule has 0 aliphatic carbocycles. The number of rotatable bonds is 2. The van der Waals surface area contributed by atoms with Crippen molar-refractivity contribution in [1.82, 2.24) is 0 Å². The number of carbonyl (C=O) groups excluding carboxylic acids is 1. The maximum Gasteiger partial charge on any atom is 0.227 e. The summed E-state index contributed by atoms with van der Waals surface area (Å²) in [6.07, 6.45) is 1.61. The second-order valence-corrected chi connectivity index (χ2v) is 4.62. The van der Waals surface area contributed by atoms with Crippen LogP contribution in [0.15, 0.2) is 18.2 Å². The number of hydrogen-bond donors (Lipinski definition) is 1. The summed E-state index contributed by atoms with van der Waals surface area (Å²) in [6, 6.07) is 5.94. The Morgan fingerprint density at radius 3 is 2.62 bits per heavy atom. The summed E-state index contributed by atoms with van der Waals surface area (Å²) in [5, 5.41) is 0. The van der Waals surface area contributed by atoms with E-state index in [0.29, 0.717) is 12.3 Å². The first-order valence-electron chi connectivity index (χ1n) is 5.79. The van der Waals surface area contributed by atoms with E-state index < -0.39 is 0 Å². The predicted octanol–water partition coefficient (Wildman–Crippen LogP) is 2.52. The quantitative estimate of drug-likeness (QED) is 0.775. The van der Waals surface area contributed by atoms with Crippen molar-refractivity contribution in [3.8, 4) is 0 Å². The minimum absolute atomic E-state index is 0.205. The minimum atomic E-state index is 0.205. The topological polar surface area (TPSA) is 46.3 Å². The van der Waals surface area contributed by atoms with Crippen molar-refractivity contribution in [3.05, 3.63) is 23.8 Å². The Balaban J connectivity index is 2.30. The monoisotopic (exact) mass is 218 g/mol. The van der Waals surface area contributed by atoms with Crippen LogP contribution in [0.1, 0.15) is 38.2 Å². The van der Waals surface area contributed by atoms with Crippen LogP contribution >= 0.6 is 0 Å². The van der Waals surface area contributed by atoms with Gasteiger partial charge in [-0.2, -0.15) is 0 Å². The standard InChI is InChI=1S/C13H18N2O/c1-9(2)11-6-5-10(8-12(11)14)15-7-3-4-13(15)16/h5-6,8-9H,3-4,7,14H2,1-2H3. The Morgan fingerprint density at radius 1 is 1.38 bits per heavy atom. The average molecular weight is 218 g/mol. The van der Waals surface area contributed by atoms with Crippen molar-refractivity contribution in [2.24, 2.45) is 0 Å². The molecule has 0 saturated carbocycles. The fraction of sp³-hybridized carbons (Fsp3) is 0.462. The van der Waals surface area contributed by atoms with Crippen molar-refractivity contribution >= 4 is 17.3 Å². The summed E-state index contributed by atoms with van der Waals surface area (Å²) in [6.45, 7) is 5.05. The third-order valence-corrected chi connectivity index (χ3v) is 3.08. The van der Waals surface area contributed by atoms with Gasteiger partial charge >= 0.3 is 0 Å². The zero-order valence-electron chi connectivity index (χ0n) is 9.86. The van der Waals surface area contributed by atoms with Crippen LogP contribution in [0.3, 0.4) is 0 Å². The molecular weight excluding hydrogens is 200 g/mol. The van der Waals surface area contributed by atoms with Crippen LogP contribution in [0, 0.1) is 0 Å². The molecule has 0 aromatic heterocycles. The molecule has 1 saturated heterocycles. The molecule has 3 nitrogen and oxygen atoms in total.